The molecule has 2 aromatic rings. The Morgan fingerprint density at radius 3 is 2.50 bits per heavy atom. The zero-order chi connectivity index (χ0) is 14.5. The Morgan fingerprint density at radius 1 is 1.25 bits per heavy atom. The molecule has 0 amide bonds. The minimum atomic E-state index is -0.453. The largest absolute Gasteiger partial charge is 0.392 e. The molecule has 0 radical (unpaired) electrons. The molecule has 1 N–H and O–H groups in total. The van der Waals surface area contributed by atoms with Crippen LogP contribution in [0.2, 0.25) is 0 Å². The van der Waals surface area contributed by atoms with Crippen LogP contribution in [0.4, 0.5) is 5.69 Å². The first-order valence-electron chi connectivity index (χ1n) is 5.70. The predicted molar refractivity (Wildman–Crippen MR) is 74.3 cm³/mol. The van der Waals surface area contributed by atoms with E-state index in [1.807, 2.05) is 0 Å². The topological polar surface area (TPSA) is 87.2 Å². The number of nitriles is 1. The highest BCUT2D eigenvalue weighted by molar-refractivity contribution is 7.99. The third-order valence-electron chi connectivity index (χ3n) is 2.62. The summed E-state index contributed by atoms with van der Waals surface area (Å²) in [6.07, 6.45) is 0. The molecular weight excluding hydrogens is 276 g/mol. The summed E-state index contributed by atoms with van der Waals surface area (Å²) in [6.45, 7) is -0.114. The van der Waals surface area contributed by atoms with Crippen molar-refractivity contribution >= 4 is 17.4 Å². The first kappa shape index (κ1) is 14.1. The summed E-state index contributed by atoms with van der Waals surface area (Å²) >= 11 is 1.35. The second kappa shape index (κ2) is 6.19. The predicted octanol–water partition coefficient (Wildman–Crippen LogP) is 3.11. The average Bonchev–Trinajstić information content (AvgIpc) is 2.48. The van der Waals surface area contributed by atoms with Gasteiger partial charge in [0, 0.05) is 21.9 Å². The van der Waals surface area contributed by atoms with Crippen LogP contribution in [0.25, 0.3) is 0 Å². The van der Waals surface area contributed by atoms with Gasteiger partial charge >= 0.3 is 0 Å². The summed E-state index contributed by atoms with van der Waals surface area (Å²) in [6, 6.07) is 13.4. The van der Waals surface area contributed by atoms with E-state index in [-0.39, 0.29) is 12.3 Å². The van der Waals surface area contributed by atoms with Crippen LogP contribution < -0.4 is 0 Å². The van der Waals surface area contributed by atoms with Crippen molar-refractivity contribution in [3.05, 3.63) is 63.7 Å². The molecule has 20 heavy (non-hydrogen) atoms. The average molecular weight is 286 g/mol. The van der Waals surface area contributed by atoms with E-state index in [1.165, 1.54) is 23.9 Å². The maximum absolute atomic E-state index is 10.6. The van der Waals surface area contributed by atoms with Gasteiger partial charge < -0.3 is 5.11 Å². The summed E-state index contributed by atoms with van der Waals surface area (Å²) in [5.74, 6) is 0. The van der Waals surface area contributed by atoms with Crippen molar-refractivity contribution in [2.75, 3.05) is 0 Å². The molecule has 0 aliphatic heterocycles. The molecule has 0 aromatic heterocycles. The molecule has 0 spiro atoms. The molecule has 100 valence electrons. The Labute approximate surface area is 119 Å². The van der Waals surface area contributed by atoms with Crippen molar-refractivity contribution in [2.24, 2.45) is 0 Å². The van der Waals surface area contributed by atoms with Gasteiger partial charge in [0.1, 0.15) is 6.07 Å². The number of hydrogen-bond acceptors (Lipinski definition) is 5. The van der Waals surface area contributed by atoms with Crippen LogP contribution in [-0.4, -0.2) is 10.0 Å². The van der Waals surface area contributed by atoms with Gasteiger partial charge in [0.15, 0.2) is 0 Å². The van der Waals surface area contributed by atoms with Gasteiger partial charge in [-0.25, -0.2) is 0 Å². The number of nitro benzene ring substituents is 1. The van der Waals surface area contributed by atoms with Crippen molar-refractivity contribution in [1.29, 1.82) is 5.26 Å². The molecular formula is C14H10N2O3S. The molecule has 6 heteroatoms. The Bertz CT molecular complexity index is 678. The number of non-ortho nitro benzene ring substituents is 1. The molecule has 0 saturated carbocycles. The highest BCUT2D eigenvalue weighted by atomic mass is 32.2. The van der Waals surface area contributed by atoms with Gasteiger partial charge in [0.05, 0.1) is 17.1 Å². The summed E-state index contributed by atoms with van der Waals surface area (Å²) in [5, 5.41) is 28.7. The number of hydrogen-bond donors (Lipinski definition) is 1. The van der Waals surface area contributed by atoms with Crippen molar-refractivity contribution in [2.45, 2.75) is 16.4 Å². The smallest absolute Gasteiger partial charge is 0.269 e. The fourth-order valence-corrected chi connectivity index (χ4v) is 2.49. The van der Waals surface area contributed by atoms with Crippen LogP contribution in [0.5, 0.6) is 0 Å². The van der Waals surface area contributed by atoms with Gasteiger partial charge in [0.25, 0.3) is 5.69 Å². The molecule has 0 atom stereocenters. The normalized spacial score (nSPS) is 10.0. The molecule has 0 aliphatic carbocycles. The molecule has 0 heterocycles. The maximum Gasteiger partial charge on any atom is 0.269 e. The number of rotatable bonds is 4. The number of nitrogens with zero attached hydrogens (tertiary/aromatic N) is 2. The summed E-state index contributed by atoms with van der Waals surface area (Å²) in [7, 11) is 0. The van der Waals surface area contributed by atoms with E-state index in [4.69, 9.17) is 10.4 Å². The quantitative estimate of drug-likeness (QED) is 0.689. The first-order valence-corrected chi connectivity index (χ1v) is 6.52. The Kier molecular flexibility index (Phi) is 4.35. The lowest BCUT2D eigenvalue weighted by atomic mass is 10.1. The van der Waals surface area contributed by atoms with E-state index in [0.29, 0.717) is 11.1 Å². The minimum Gasteiger partial charge on any atom is -0.392 e. The van der Waals surface area contributed by atoms with Crippen LogP contribution >= 0.6 is 11.8 Å². The molecule has 0 unspecified atom stereocenters. The van der Waals surface area contributed by atoms with E-state index in [9.17, 15) is 10.1 Å². The second-order valence-electron chi connectivity index (χ2n) is 3.95. The lowest BCUT2D eigenvalue weighted by Crippen LogP contribution is -1.88. The second-order valence-corrected chi connectivity index (χ2v) is 5.07. The van der Waals surface area contributed by atoms with Crippen LogP contribution in [0.3, 0.4) is 0 Å². The monoisotopic (exact) mass is 286 g/mol. The van der Waals surface area contributed by atoms with Gasteiger partial charge in [-0.3, -0.25) is 10.1 Å². The molecule has 0 aliphatic rings. The lowest BCUT2D eigenvalue weighted by molar-refractivity contribution is -0.384. The van der Waals surface area contributed by atoms with E-state index < -0.39 is 4.92 Å². The molecule has 0 fully saturated rings. The Hall–Kier alpha value is -2.36. The van der Waals surface area contributed by atoms with E-state index >= 15 is 0 Å². The number of nitro groups is 1. The minimum absolute atomic E-state index is 0.0329. The standard InChI is InChI=1S/C14H10N2O3S/c15-8-11-7-10(9-17)1-6-14(11)20-13-4-2-12(3-5-13)16(18)19/h1-7,17H,9H2. The summed E-state index contributed by atoms with van der Waals surface area (Å²) in [5.41, 5.74) is 1.18. The van der Waals surface area contributed by atoms with Crippen molar-refractivity contribution in [3.63, 3.8) is 0 Å². The van der Waals surface area contributed by atoms with Crippen molar-refractivity contribution in [1.82, 2.24) is 0 Å². The molecule has 5 nitrogen and oxygen atoms in total. The van der Waals surface area contributed by atoms with Gasteiger partial charge in [-0.15, -0.1) is 0 Å². The molecule has 2 aromatic carbocycles. The molecule has 0 bridgehead atoms. The van der Waals surface area contributed by atoms with Gasteiger partial charge in [-0.05, 0) is 29.8 Å². The number of aliphatic hydroxyl groups excluding tert-OH is 1. The number of benzene rings is 2. The van der Waals surface area contributed by atoms with Crippen LogP contribution in [0, 0.1) is 21.4 Å². The maximum atomic E-state index is 10.6. The van der Waals surface area contributed by atoms with Gasteiger partial charge in [-0.1, -0.05) is 17.8 Å². The first-order chi connectivity index (χ1) is 9.63. The van der Waals surface area contributed by atoms with E-state index in [0.717, 1.165) is 9.79 Å². The summed E-state index contributed by atoms with van der Waals surface area (Å²) < 4.78 is 0. The highest BCUT2D eigenvalue weighted by Gasteiger charge is 2.08. The third kappa shape index (κ3) is 3.15. The van der Waals surface area contributed by atoms with E-state index in [1.54, 1.807) is 30.3 Å². The fraction of sp³-hybridized carbons (Fsp3) is 0.0714. The van der Waals surface area contributed by atoms with Gasteiger partial charge in [0.2, 0.25) is 0 Å². The van der Waals surface area contributed by atoms with Crippen molar-refractivity contribution in [3.8, 4) is 6.07 Å². The highest BCUT2D eigenvalue weighted by Crippen LogP contribution is 2.31. The van der Waals surface area contributed by atoms with E-state index in [2.05, 4.69) is 6.07 Å². The Balaban J connectivity index is 2.26. The van der Waals surface area contributed by atoms with Crippen LogP contribution in [0.15, 0.2) is 52.3 Å². The number of aliphatic hydroxyl groups is 1. The lowest BCUT2D eigenvalue weighted by Gasteiger charge is -2.05. The van der Waals surface area contributed by atoms with Crippen LogP contribution in [-0.2, 0) is 6.61 Å². The molecule has 0 saturated heterocycles. The van der Waals surface area contributed by atoms with Crippen molar-refractivity contribution < 1.29 is 10.0 Å². The third-order valence-corrected chi connectivity index (χ3v) is 3.71. The fourth-order valence-electron chi connectivity index (χ4n) is 1.61. The Morgan fingerprint density at radius 2 is 1.95 bits per heavy atom. The summed E-state index contributed by atoms with van der Waals surface area (Å²) in [4.78, 5) is 11.7. The van der Waals surface area contributed by atoms with Crippen LogP contribution in [0.1, 0.15) is 11.1 Å². The zero-order valence-electron chi connectivity index (χ0n) is 10.3. The zero-order valence-corrected chi connectivity index (χ0v) is 11.1. The molecule has 2 rings (SSSR count). The SMILES string of the molecule is N#Cc1cc(CO)ccc1Sc1ccc([N+](=O)[O-])cc1. The van der Waals surface area contributed by atoms with Gasteiger partial charge in [-0.2, -0.15) is 5.26 Å².